The van der Waals surface area contributed by atoms with Gasteiger partial charge in [0.25, 0.3) is 0 Å². The van der Waals surface area contributed by atoms with Gasteiger partial charge in [-0.3, -0.25) is 9.69 Å². The van der Waals surface area contributed by atoms with Crippen LogP contribution in [0.1, 0.15) is 51.4 Å². The zero-order valence-corrected chi connectivity index (χ0v) is 12.0. The molecular weight excluding hydrogens is 242 g/mol. The Morgan fingerprint density at radius 3 is 2.74 bits per heavy atom. The van der Waals surface area contributed by atoms with Crippen LogP contribution in [0.25, 0.3) is 0 Å². The van der Waals surface area contributed by atoms with Gasteiger partial charge >= 0.3 is 5.97 Å². The van der Waals surface area contributed by atoms with Gasteiger partial charge in [-0.05, 0) is 38.1 Å². The van der Waals surface area contributed by atoms with Gasteiger partial charge in [0.1, 0.15) is 0 Å². The summed E-state index contributed by atoms with van der Waals surface area (Å²) in [4.78, 5) is 13.5. The van der Waals surface area contributed by atoms with E-state index in [0.717, 1.165) is 31.8 Å². The molecule has 0 aromatic carbocycles. The first-order chi connectivity index (χ1) is 9.20. The third kappa shape index (κ3) is 4.18. The fourth-order valence-corrected chi connectivity index (χ4v) is 3.70. The largest absolute Gasteiger partial charge is 0.469 e. The third-order valence-corrected chi connectivity index (χ3v) is 4.68. The Morgan fingerprint density at radius 2 is 2.05 bits per heavy atom. The Morgan fingerprint density at radius 1 is 1.32 bits per heavy atom. The first kappa shape index (κ1) is 14.8. The SMILES string of the molecule is COC(=O)CCCN1C[C@@H](O)C[C@H]1C1CCCCC1. The first-order valence-electron chi connectivity index (χ1n) is 7.69. The number of carbonyl (C=O) groups excluding carboxylic acids is 1. The number of hydrogen-bond acceptors (Lipinski definition) is 4. The average Bonchev–Trinajstić information content (AvgIpc) is 2.80. The molecule has 19 heavy (non-hydrogen) atoms. The molecule has 1 aliphatic carbocycles. The number of hydrogen-bond donors (Lipinski definition) is 1. The van der Waals surface area contributed by atoms with Crippen molar-refractivity contribution >= 4 is 5.97 Å². The maximum Gasteiger partial charge on any atom is 0.305 e. The van der Waals surface area contributed by atoms with Crippen LogP contribution < -0.4 is 0 Å². The van der Waals surface area contributed by atoms with Crippen LogP contribution in [0.3, 0.4) is 0 Å². The number of carbonyl (C=O) groups is 1. The molecule has 0 spiro atoms. The highest BCUT2D eigenvalue weighted by Gasteiger charge is 2.36. The number of nitrogens with zero attached hydrogens (tertiary/aromatic N) is 1. The first-order valence-corrected chi connectivity index (χ1v) is 7.69. The number of rotatable bonds is 5. The highest BCUT2D eigenvalue weighted by atomic mass is 16.5. The second-order valence-corrected chi connectivity index (χ2v) is 6.03. The third-order valence-electron chi connectivity index (χ3n) is 4.68. The molecule has 0 aromatic heterocycles. The van der Waals surface area contributed by atoms with Crippen LogP contribution >= 0.6 is 0 Å². The molecule has 1 saturated carbocycles. The van der Waals surface area contributed by atoms with E-state index in [-0.39, 0.29) is 12.1 Å². The Balaban J connectivity index is 1.81. The van der Waals surface area contributed by atoms with Gasteiger partial charge < -0.3 is 9.84 Å². The maximum atomic E-state index is 11.1. The fraction of sp³-hybridized carbons (Fsp3) is 0.933. The monoisotopic (exact) mass is 269 g/mol. The molecule has 2 aliphatic rings. The summed E-state index contributed by atoms with van der Waals surface area (Å²) in [7, 11) is 1.44. The predicted octanol–water partition coefficient (Wildman–Crippen LogP) is 1.96. The van der Waals surface area contributed by atoms with Crippen molar-refractivity contribution in [1.82, 2.24) is 4.90 Å². The minimum atomic E-state index is -0.176. The lowest BCUT2D eigenvalue weighted by Gasteiger charge is -2.33. The van der Waals surface area contributed by atoms with Crippen molar-refractivity contribution in [3.8, 4) is 0 Å². The van der Waals surface area contributed by atoms with Crippen LogP contribution in [-0.2, 0) is 9.53 Å². The van der Waals surface area contributed by atoms with Gasteiger partial charge in [0.2, 0.25) is 0 Å². The molecular formula is C15H27NO3. The minimum absolute atomic E-state index is 0.131. The van der Waals surface area contributed by atoms with Crippen LogP contribution in [-0.4, -0.2) is 48.3 Å². The lowest BCUT2D eigenvalue weighted by molar-refractivity contribution is -0.140. The molecule has 0 radical (unpaired) electrons. The van der Waals surface area contributed by atoms with Gasteiger partial charge in [0.15, 0.2) is 0 Å². The van der Waals surface area contributed by atoms with Crippen molar-refractivity contribution in [2.45, 2.75) is 63.5 Å². The molecule has 1 heterocycles. The molecule has 110 valence electrons. The molecule has 2 fully saturated rings. The predicted molar refractivity (Wildman–Crippen MR) is 73.8 cm³/mol. The van der Waals surface area contributed by atoms with E-state index in [1.54, 1.807) is 0 Å². The van der Waals surface area contributed by atoms with Crippen molar-refractivity contribution in [2.75, 3.05) is 20.2 Å². The number of aliphatic hydroxyl groups excluding tert-OH is 1. The lowest BCUT2D eigenvalue weighted by Crippen LogP contribution is -2.37. The van der Waals surface area contributed by atoms with E-state index in [1.807, 2.05) is 0 Å². The summed E-state index contributed by atoms with van der Waals surface area (Å²) in [5.41, 5.74) is 0. The quantitative estimate of drug-likeness (QED) is 0.775. The number of esters is 1. The molecule has 2 atom stereocenters. The van der Waals surface area contributed by atoms with Gasteiger partial charge in [0.05, 0.1) is 13.2 Å². The van der Waals surface area contributed by atoms with Gasteiger partial charge in [-0.2, -0.15) is 0 Å². The van der Waals surface area contributed by atoms with Gasteiger partial charge in [-0.25, -0.2) is 0 Å². The maximum absolute atomic E-state index is 11.1. The summed E-state index contributed by atoms with van der Waals surface area (Å²) in [5.74, 6) is 0.623. The summed E-state index contributed by atoms with van der Waals surface area (Å²) in [6, 6.07) is 0.535. The number of ether oxygens (including phenoxy) is 1. The van der Waals surface area contributed by atoms with E-state index in [0.29, 0.717) is 12.5 Å². The van der Waals surface area contributed by atoms with Crippen LogP contribution in [0.5, 0.6) is 0 Å². The number of β-amino-alcohol motifs (C(OH)–C–C–N with tert-alkyl or cyclic N) is 1. The van der Waals surface area contributed by atoms with Crippen molar-refractivity contribution < 1.29 is 14.6 Å². The van der Waals surface area contributed by atoms with E-state index < -0.39 is 0 Å². The molecule has 0 aromatic rings. The molecule has 1 N–H and O–H groups in total. The van der Waals surface area contributed by atoms with E-state index >= 15 is 0 Å². The van der Waals surface area contributed by atoms with Crippen LogP contribution in [0.4, 0.5) is 0 Å². The Labute approximate surface area is 116 Å². The topological polar surface area (TPSA) is 49.8 Å². The molecule has 0 amide bonds. The highest BCUT2D eigenvalue weighted by molar-refractivity contribution is 5.69. The second-order valence-electron chi connectivity index (χ2n) is 6.03. The van der Waals surface area contributed by atoms with Gasteiger partial charge in [-0.1, -0.05) is 19.3 Å². The molecule has 1 aliphatic heterocycles. The van der Waals surface area contributed by atoms with Crippen molar-refractivity contribution in [1.29, 1.82) is 0 Å². The summed E-state index contributed by atoms with van der Waals surface area (Å²) in [6.45, 7) is 1.69. The minimum Gasteiger partial charge on any atom is -0.469 e. The zero-order valence-electron chi connectivity index (χ0n) is 12.0. The van der Waals surface area contributed by atoms with E-state index in [4.69, 9.17) is 0 Å². The van der Waals surface area contributed by atoms with Crippen molar-refractivity contribution in [3.63, 3.8) is 0 Å². The van der Waals surface area contributed by atoms with Gasteiger partial charge in [0, 0.05) is 19.0 Å². The van der Waals surface area contributed by atoms with E-state index in [1.165, 1.54) is 39.2 Å². The van der Waals surface area contributed by atoms with Crippen LogP contribution in [0.15, 0.2) is 0 Å². The van der Waals surface area contributed by atoms with E-state index in [9.17, 15) is 9.90 Å². The number of likely N-dealkylation sites (tertiary alicyclic amines) is 1. The summed E-state index contributed by atoms with van der Waals surface area (Å²) in [6.07, 6.45) is 8.74. The molecule has 4 heteroatoms. The second kappa shape index (κ2) is 7.25. The van der Waals surface area contributed by atoms with E-state index in [2.05, 4.69) is 9.64 Å². The Bertz CT molecular complexity index is 289. The van der Waals surface area contributed by atoms with Crippen molar-refractivity contribution in [2.24, 2.45) is 5.92 Å². The summed E-state index contributed by atoms with van der Waals surface area (Å²) >= 11 is 0. The Hall–Kier alpha value is -0.610. The van der Waals surface area contributed by atoms with Crippen LogP contribution in [0.2, 0.25) is 0 Å². The van der Waals surface area contributed by atoms with Crippen LogP contribution in [0, 0.1) is 5.92 Å². The Kier molecular flexibility index (Phi) is 5.64. The highest BCUT2D eigenvalue weighted by Crippen LogP contribution is 2.34. The molecule has 4 nitrogen and oxygen atoms in total. The van der Waals surface area contributed by atoms with Crippen molar-refractivity contribution in [3.05, 3.63) is 0 Å². The summed E-state index contributed by atoms with van der Waals surface area (Å²) in [5, 5.41) is 9.92. The number of methoxy groups -OCH3 is 1. The summed E-state index contributed by atoms with van der Waals surface area (Å²) < 4.78 is 4.67. The smallest absolute Gasteiger partial charge is 0.305 e. The van der Waals surface area contributed by atoms with Gasteiger partial charge in [-0.15, -0.1) is 0 Å². The zero-order chi connectivity index (χ0) is 13.7. The molecule has 0 unspecified atom stereocenters. The molecule has 0 bridgehead atoms. The lowest BCUT2D eigenvalue weighted by atomic mass is 9.82. The molecule has 1 saturated heterocycles. The standard InChI is InChI=1S/C15H27NO3/c1-19-15(18)8-5-9-16-11-13(17)10-14(16)12-6-3-2-4-7-12/h12-14,17H,2-11H2,1H3/t13-,14-/m0/s1. The normalized spacial score (nSPS) is 29.6. The molecule has 2 rings (SSSR count). The number of aliphatic hydroxyl groups is 1. The average molecular weight is 269 g/mol. The fourth-order valence-electron chi connectivity index (χ4n) is 3.70.